The topological polar surface area (TPSA) is 86.5 Å². The van der Waals surface area contributed by atoms with Gasteiger partial charge in [-0.1, -0.05) is 30.3 Å². The maximum absolute atomic E-state index is 12.7. The van der Waals surface area contributed by atoms with Gasteiger partial charge in [-0.25, -0.2) is 0 Å². The second-order valence-corrected chi connectivity index (χ2v) is 7.08. The lowest BCUT2D eigenvalue weighted by atomic mass is 10.1. The van der Waals surface area contributed by atoms with Crippen molar-refractivity contribution in [3.63, 3.8) is 0 Å². The van der Waals surface area contributed by atoms with E-state index in [-0.39, 0.29) is 11.9 Å². The highest BCUT2D eigenvalue weighted by atomic mass is 16.1. The van der Waals surface area contributed by atoms with Gasteiger partial charge >= 0.3 is 0 Å². The van der Waals surface area contributed by atoms with E-state index in [0.29, 0.717) is 5.69 Å². The summed E-state index contributed by atoms with van der Waals surface area (Å²) >= 11 is 0. The van der Waals surface area contributed by atoms with Crippen molar-refractivity contribution in [3.05, 3.63) is 84.3 Å². The van der Waals surface area contributed by atoms with Crippen LogP contribution in [0.3, 0.4) is 0 Å². The molecule has 0 radical (unpaired) electrons. The molecule has 0 aliphatic rings. The summed E-state index contributed by atoms with van der Waals surface area (Å²) in [4.78, 5) is 20.0. The molecule has 1 atom stereocenters. The Kier molecular flexibility index (Phi) is 4.09. The molecule has 29 heavy (non-hydrogen) atoms. The number of benzene rings is 2. The second-order valence-electron chi connectivity index (χ2n) is 7.08. The summed E-state index contributed by atoms with van der Waals surface area (Å²) in [5, 5.41) is 12.6. The summed E-state index contributed by atoms with van der Waals surface area (Å²) < 4.78 is 0. The number of aromatic amines is 2. The fourth-order valence-electron chi connectivity index (χ4n) is 3.60. The highest BCUT2D eigenvalue weighted by Gasteiger charge is 2.15. The molecule has 3 heterocycles. The van der Waals surface area contributed by atoms with Gasteiger partial charge in [0.2, 0.25) is 0 Å². The predicted octanol–water partition coefficient (Wildman–Crippen LogP) is 4.60. The Morgan fingerprint density at radius 2 is 1.79 bits per heavy atom. The van der Waals surface area contributed by atoms with E-state index in [1.807, 2.05) is 61.5 Å². The molecule has 5 rings (SSSR count). The second kappa shape index (κ2) is 6.91. The lowest BCUT2D eigenvalue weighted by molar-refractivity contribution is 0.0935. The molecular weight excluding hydrogens is 362 g/mol. The molecule has 0 saturated heterocycles. The number of pyridine rings is 1. The van der Waals surface area contributed by atoms with Crippen molar-refractivity contribution in [3.8, 4) is 11.3 Å². The molecule has 3 N–H and O–H groups in total. The van der Waals surface area contributed by atoms with Gasteiger partial charge in [0.05, 0.1) is 11.6 Å². The van der Waals surface area contributed by atoms with Gasteiger partial charge in [0.15, 0.2) is 0 Å². The van der Waals surface area contributed by atoms with Gasteiger partial charge in [-0.05, 0) is 42.8 Å². The molecule has 6 heteroatoms. The first-order valence-corrected chi connectivity index (χ1v) is 9.46. The third kappa shape index (κ3) is 3.14. The number of hydrogen-bond acceptors (Lipinski definition) is 3. The number of carbonyl (C=O) groups is 1. The Labute approximate surface area is 167 Å². The number of nitrogens with one attached hydrogen (secondary N) is 3. The summed E-state index contributed by atoms with van der Waals surface area (Å²) in [5.41, 5.74) is 5.27. The predicted molar refractivity (Wildman–Crippen MR) is 114 cm³/mol. The minimum atomic E-state index is -0.131. The standard InChI is InChI=1S/C23H19N5O/c1-14(15-5-3-2-4-6-15)25-23(29)21-12-17-11-18-20(13-19(17)26-21)27-28-22(18)16-7-9-24-10-8-16/h2-14,26H,1H3,(H,25,29)(H,27,28)/t14-/m1/s1. The average molecular weight is 381 g/mol. The Hall–Kier alpha value is -3.93. The van der Waals surface area contributed by atoms with Crippen molar-refractivity contribution >= 4 is 27.7 Å². The largest absolute Gasteiger partial charge is 0.350 e. The molecule has 0 fully saturated rings. The monoisotopic (exact) mass is 381 g/mol. The van der Waals surface area contributed by atoms with E-state index in [1.165, 1.54) is 0 Å². The zero-order valence-corrected chi connectivity index (χ0v) is 15.8. The van der Waals surface area contributed by atoms with Crippen LogP contribution in [0.15, 0.2) is 73.1 Å². The minimum absolute atomic E-state index is 0.0767. The fourth-order valence-corrected chi connectivity index (χ4v) is 3.60. The Morgan fingerprint density at radius 3 is 2.59 bits per heavy atom. The first-order valence-electron chi connectivity index (χ1n) is 9.46. The van der Waals surface area contributed by atoms with Crippen LogP contribution in [0.25, 0.3) is 33.1 Å². The van der Waals surface area contributed by atoms with E-state index >= 15 is 0 Å². The van der Waals surface area contributed by atoms with Gasteiger partial charge < -0.3 is 10.3 Å². The summed E-state index contributed by atoms with van der Waals surface area (Å²) in [6.45, 7) is 1.98. The van der Waals surface area contributed by atoms with Crippen LogP contribution in [0, 0.1) is 0 Å². The van der Waals surface area contributed by atoms with Crippen LogP contribution in [0.1, 0.15) is 29.0 Å². The van der Waals surface area contributed by atoms with E-state index in [4.69, 9.17) is 0 Å². The molecule has 6 nitrogen and oxygen atoms in total. The van der Waals surface area contributed by atoms with Crippen LogP contribution in [0.2, 0.25) is 0 Å². The summed E-state index contributed by atoms with van der Waals surface area (Å²) in [5.74, 6) is -0.131. The van der Waals surface area contributed by atoms with E-state index in [9.17, 15) is 4.79 Å². The Morgan fingerprint density at radius 1 is 1.00 bits per heavy atom. The van der Waals surface area contributed by atoms with E-state index in [1.54, 1.807) is 12.4 Å². The highest BCUT2D eigenvalue weighted by Crippen LogP contribution is 2.30. The minimum Gasteiger partial charge on any atom is -0.350 e. The molecule has 1 amide bonds. The summed E-state index contributed by atoms with van der Waals surface area (Å²) in [6, 6.07) is 19.6. The number of H-pyrrole nitrogens is 2. The number of fused-ring (bicyclic) bond motifs is 2. The van der Waals surface area contributed by atoms with Crippen molar-refractivity contribution < 1.29 is 4.79 Å². The zero-order chi connectivity index (χ0) is 19.8. The van der Waals surface area contributed by atoms with Crippen LogP contribution in [-0.4, -0.2) is 26.1 Å². The molecule has 5 aromatic rings. The molecular formula is C23H19N5O. The molecule has 3 aromatic heterocycles. The van der Waals surface area contributed by atoms with Gasteiger partial charge in [0.25, 0.3) is 5.91 Å². The first kappa shape index (κ1) is 17.2. The number of aromatic nitrogens is 4. The van der Waals surface area contributed by atoms with Crippen molar-refractivity contribution in [2.24, 2.45) is 0 Å². The van der Waals surface area contributed by atoms with Crippen LogP contribution in [-0.2, 0) is 0 Å². The molecule has 0 bridgehead atoms. The van der Waals surface area contributed by atoms with Gasteiger partial charge in [-0.2, -0.15) is 5.10 Å². The van der Waals surface area contributed by atoms with E-state index in [0.717, 1.165) is 38.6 Å². The molecule has 0 saturated carbocycles. The average Bonchev–Trinajstić information content (AvgIpc) is 3.36. The maximum atomic E-state index is 12.7. The van der Waals surface area contributed by atoms with Crippen LogP contribution < -0.4 is 5.32 Å². The number of amides is 1. The summed E-state index contributed by atoms with van der Waals surface area (Å²) in [6.07, 6.45) is 3.50. The van der Waals surface area contributed by atoms with Crippen LogP contribution in [0.4, 0.5) is 0 Å². The van der Waals surface area contributed by atoms with Gasteiger partial charge in [-0.15, -0.1) is 0 Å². The lowest BCUT2D eigenvalue weighted by Gasteiger charge is -2.13. The number of nitrogens with zero attached hydrogens (tertiary/aromatic N) is 2. The number of rotatable bonds is 4. The fraction of sp³-hybridized carbons (Fsp3) is 0.0870. The summed E-state index contributed by atoms with van der Waals surface area (Å²) in [7, 11) is 0. The third-order valence-corrected chi connectivity index (χ3v) is 5.15. The molecule has 2 aromatic carbocycles. The van der Waals surface area contributed by atoms with Crippen molar-refractivity contribution in [1.29, 1.82) is 0 Å². The van der Waals surface area contributed by atoms with Crippen molar-refractivity contribution in [1.82, 2.24) is 25.5 Å². The van der Waals surface area contributed by atoms with Crippen LogP contribution >= 0.6 is 0 Å². The van der Waals surface area contributed by atoms with Gasteiger partial charge in [-0.3, -0.25) is 14.9 Å². The quantitative estimate of drug-likeness (QED) is 0.425. The molecule has 0 aliphatic carbocycles. The van der Waals surface area contributed by atoms with E-state index < -0.39 is 0 Å². The maximum Gasteiger partial charge on any atom is 0.268 e. The smallest absolute Gasteiger partial charge is 0.268 e. The third-order valence-electron chi connectivity index (χ3n) is 5.15. The molecule has 0 unspecified atom stereocenters. The van der Waals surface area contributed by atoms with Gasteiger partial charge in [0.1, 0.15) is 11.4 Å². The van der Waals surface area contributed by atoms with Gasteiger partial charge in [0, 0.05) is 34.2 Å². The van der Waals surface area contributed by atoms with E-state index in [2.05, 4.69) is 31.5 Å². The lowest BCUT2D eigenvalue weighted by Crippen LogP contribution is -2.26. The first-order chi connectivity index (χ1) is 14.2. The number of carbonyl (C=O) groups excluding carboxylic acids is 1. The SMILES string of the molecule is C[C@@H](NC(=O)c1cc2cc3c(-c4ccncc4)n[nH]c3cc2[nH]1)c1ccccc1. The Bertz CT molecular complexity index is 1300. The molecule has 0 spiro atoms. The molecule has 0 aliphatic heterocycles. The zero-order valence-electron chi connectivity index (χ0n) is 15.8. The molecule has 142 valence electrons. The van der Waals surface area contributed by atoms with Crippen molar-refractivity contribution in [2.45, 2.75) is 13.0 Å². The Balaban J connectivity index is 1.48. The normalized spacial score (nSPS) is 12.3. The highest BCUT2D eigenvalue weighted by molar-refractivity contribution is 6.05. The number of hydrogen-bond donors (Lipinski definition) is 3. The van der Waals surface area contributed by atoms with Crippen molar-refractivity contribution in [2.75, 3.05) is 0 Å². The van der Waals surface area contributed by atoms with Crippen LogP contribution in [0.5, 0.6) is 0 Å².